The van der Waals surface area contributed by atoms with Crippen LogP contribution >= 0.6 is 11.6 Å². The highest BCUT2D eigenvalue weighted by Gasteiger charge is 2.29. The Morgan fingerprint density at radius 1 is 1.43 bits per heavy atom. The van der Waals surface area contributed by atoms with Crippen LogP contribution in [0.4, 0.5) is 5.69 Å². The topological polar surface area (TPSA) is 32.3 Å². The molecule has 1 unspecified atom stereocenters. The third-order valence-electron chi connectivity index (χ3n) is 4.96. The van der Waals surface area contributed by atoms with Gasteiger partial charge in [-0.2, -0.15) is 0 Å². The SMILES string of the molecule is CC(CC(=O)N1CCc2c(Cl)cccc21)C1CCNCC1. The van der Waals surface area contributed by atoms with Gasteiger partial charge in [0.1, 0.15) is 0 Å². The van der Waals surface area contributed by atoms with Crippen molar-refractivity contribution in [3.8, 4) is 0 Å². The fraction of sp³-hybridized carbons (Fsp3) is 0.588. The molecule has 1 fully saturated rings. The molecule has 0 aromatic heterocycles. The van der Waals surface area contributed by atoms with Crippen LogP contribution in [-0.2, 0) is 11.2 Å². The van der Waals surface area contributed by atoms with Crippen molar-refractivity contribution < 1.29 is 4.79 Å². The van der Waals surface area contributed by atoms with Crippen LogP contribution in [0.1, 0.15) is 31.7 Å². The molecule has 4 heteroatoms. The number of nitrogens with one attached hydrogen (secondary N) is 1. The summed E-state index contributed by atoms with van der Waals surface area (Å²) >= 11 is 6.22. The molecule has 1 N–H and O–H groups in total. The number of nitrogens with zero attached hydrogens (tertiary/aromatic N) is 1. The Morgan fingerprint density at radius 3 is 2.95 bits per heavy atom. The number of halogens is 1. The largest absolute Gasteiger partial charge is 0.317 e. The van der Waals surface area contributed by atoms with Gasteiger partial charge >= 0.3 is 0 Å². The predicted molar refractivity (Wildman–Crippen MR) is 86.9 cm³/mol. The smallest absolute Gasteiger partial charge is 0.227 e. The minimum Gasteiger partial charge on any atom is -0.317 e. The number of carbonyl (C=O) groups is 1. The molecule has 1 aromatic rings. The Balaban J connectivity index is 1.66. The van der Waals surface area contributed by atoms with E-state index < -0.39 is 0 Å². The van der Waals surface area contributed by atoms with Crippen molar-refractivity contribution in [2.45, 2.75) is 32.6 Å². The van der Waals surface area contributed by atoms with Crippen LogP contribution in [0.5, 0.6) is 0 Å². The van der Waals surface area contributed by atoms with Gasteiger partial charge in [-0.25, -0.2) is 0 Å². The van der Waals surface area contributed by atoms with Crippen LogP contribution in [0, 0.1) is 11.8 Å². The maximum absolute atomic E-state index is 12.6. The summed E-state index contributed by atoms with van der Waals surface area (Å²) in [7, 11) is 0. The number of hydrogen-bond acceptors (Lipinski definition) is 2. The first-order valence-corrected chi connectivity index (χ1v) is 8.33. The monoisotopic (exact) mass is 306 g/mol. The Hall–Kier alpha value is -1.06. The Kier molecular flexibility index (Phi) is 4.51. The van der Waals surface area contributed by atoms with Gasteiger partial charge in [-0.1, -0.05) is 24.6 Å². The molecule has 2 heterocycles. The van der Waals surface area contributed by atoms with Gasteiger partial charge in [0.05, 0.1) is 0 Å². The molecule has 0 saturated carbocycles. The van der Waals surface area contributed by atoms with E-state index in [4.69, 9.17) is 11.6 Å². The van der Waals surface area contributed by atoms with Crippen molar-refractivity contribution in [2.24, 2.45) is 11.8 Å². The standard InChI is InChI=1S/C17H23ClN2O/c1-12(13-5-8-19-9-6-13)11-17(21)20-10-7-14-15(18)3-2-4-16(14)20/h2-4,12-13,19H,5-11H2,1H3. The predicted octanol–water partition coefficient (Wildman–Crippen LogP) is 3.25. The first kappa shape index (κ1) is 14.9. The maximum atomic E-state index is 12.6. The summed E-state index contributed by atoms with van der Waals surface area (Å²) < 4.78 is 0. The number of hydrogen-bond donors (Lipinski definition) is 1. The molecule has 114 valence electrons. The van der Waals surface area contributed by atoms with E-state index in [0.717, 1.165) is 42.3 Å². The lowest BCUT2D eigenvalue weighted by molar-refractivity contribution is -0.119. The van der Waals surface area contributed by atoms with Crippen LogP contribution < -0.4 is 10.2 Å². The minimum absolute atomic E-state index is 0.252. The highest BCUT2D eigenvalue weighted by Crippen LogP contribution is 2.34. The van der Waals surface area contributed by atoms with Crippen LogP contribution in [0.2, 0.25) is 5.02 Å². The molecule has 1 aromatic carbocycles. The number of rotatable bonds is 3. The molecule has 3 rings (SSSR count). The summed E-state index contributed by atoms with van der Waals surface area (Å²) in [5.74, 6) is 1.39. The highest BCUT2D eigenvalue weighted by atomic mass is 35.5. The summed E-state index contributed by atoms with van der Waals surface area (Å²) in [6.07, 6.45) is 3.91. The van der Waals surface area contributed by atoms with Gasteiger partial charge in [-0.05, 0) is 61.9 Å². The molecule has 1 saturated heterocycles. The summed E-state index contributed by atoms with van der Waals surface area (Å²) in [6, 6.07) is 5.86. The summed E-state index contributed by atoms with van der Waals surface area (Å²) in [5.41, 5.74) is 2.15. The van der Waals surface area contributed by atoms with Gasteiger partial charge in [0.2, 0.25) is 5.91 Å². The number of amides is 1. The minimum atomic E-state index is 0.252. The second-order valence-corrected chi connectivity index (χ2v) is 6.71. The Bertz CT molecular complexity index is 526. The van der Waals surface area contributed by atoms with Gasteiger partial charge in [-0.3, -0.25) is 4.79 Å². The Labute approximate surface area is 131 Å². The van der Waals surface area contributed by atoms with E-state index in [1.165, 1.54) is 12.8 Å². The number of anilines is 1. The molecule has 0 spiro atoms. The number of piperidine rings is 1. The van der Waals surface area contributed by atoms with Gasteiger partial charge in [-0.15, -0.1) is 0 Å². The van der Waals surface area contributed by atoms with Crippen molar-refractivity contribution in [3.05, 3.63) is 28.8 Å². The molecule has 21 heavy (non-hydrogen) atoms. The van der Waals surface area contributed by atoms with Gasteiger partial charge in [0, 0.05) is 23.7 Å². The molecular formula is C17H23ClN2O. The molecule has 3 nitrogen and oxygen atoms in total. The first-order chi connectivity index (χ1) is 10.2. The van der Waals surface area contributed by atoms with E-state index in [1.54, 1.807) is 0 Å². The van der Waals surface area contributed by atoms with Crippen molar-refractivity contribution >= 4 is 23.2 Å². The number of benzene rings is 1. The molecule has 0 bridgehead atoms. The lowest BCUT2D eigenvalue weighted by Crippen LogP contribution is -2.35. The zero-order valence-corrected chi connectivity index (χ0v) is 13.3. The van der Waals surface area contributed by atoms with Crippen LogP contribution in [0.25, 0.3) is 0 Å². The van der Waals surface area contributed by atoms with Gasteiger partial charge in [0.25, 0.3) is 0 Å². The summed E-state index contributed by atoms with van der Waals surface area (Å²) in [4.78, 5) is 14.6. The van der Waals surface area contributed by atoms with Crippen LogP contribution in [0.15, 0.2) is 18.2 Å². The van der Waals surface area contributed by atoms with Gasteiger partial charge in [0.15, 0.2) is 0 Å². The lowest BCUT2D eigenvalue weighted by Gasteiger charge is -2.29. The van der Waals surface area contributed by atoms with E-state index >= 15 is 0 Å². The van der Waals surface area contributed by atoms with Crippen molar-refractivity contribution in [1.82, 2.24) is 5.32 Å². The van der Waals surface area contributed by atoms with E-state index in [9.17, 15) is 4.79 Å². The zero-order valence-electron chi connectivity index (χ0n) is 12.6. The van der Waals surface area contributed by atoms with E-state index in [0.29, 0.717) is 18.3 Å². The normalized spacial score (nSPS) is 20.4. The first-order valence-electron chi connectivity index (χ1n) is 7.95. The Morgan fingerprint density at radius 2 is 2.19 bits per heavy atom. The van der Waals surface area contributed by atoms with Crippen LogP contribution in [0.3, 0.4) is 0 Å². The molecule has 1 atom stereocenters. The van der Waals surface area contributed by atoms with Crippen molar-refractivity contribution in [3.63, 3.8) is 0 Å². The molecule has 2 aliphatic rings. The van der Waals surface area contributed by atoms with E-state index in [-0.39, 0.29) is 5.91 Å². The lowest BCUT2D eigenvalue weighted by atomic mass is 9.84. The average Bonchev–Trinajstić information content (AvgIpc) is 2.93. The molecule has 2 aliphatic heterocycles. The summed E-state index contributed by atoms with van der Waals surface area (Å²) in [6.45, 7) is 5.18. The maximum Gasteiger partial charge on any atom is 0.227 e. The molecule has 0 radical (unpaired) electrons. The van der Waals surface area contributed by atoms with Gasteiger partial charge < -0.3 is 10.2 Å². The molecule has 1 amide bonds. The fourth-order valence-corrected chi connectivity index (χ4v) is 3.88. The second-order valence-electron chi connectivity index (χ2n) is 6.30. The van der Waals surface area contributed by atoms with Crippen molar-refractivity contribution in [2.75, 3.05) is 24.5 Å². The number of carbonyl (C=O) groups excluding carboxylic acids is 1. The third kappa shape index (κ3) is 3.09. The third-order valence-corrected chi connectivity index (χ3v) is 5.31. The highest BCUT2D eigenvalue weighted by molar-refractivity contribution is 6.32. The average molecular weight is 307 g/mol. The second kappa shape index (κ2) is 6.37. The van der Waals surface area contributed by atoms with Crippen LogP contribution in [-0.4, -0.2) is 25.5 Å². The quantitative estimate of drug-likeness (QED) is 0.929. The molecule has 0 aliphatic carbocycles. The van der Waals surface area contributed by atoms with Crippen molar-refractivity contribution in [1.29, 1.82) is 0 Å². The van der Waals surface area contributed by atoms with E-state index in [1.807, 2.05) is 23.1 Å². The fourth-order valence-electron chi connectivity index (χ4n) is 3.62. The zero-order chi connectivity index (χ0) is 14.8. The number of fused-ring (bicyclic) bond motifs is 1. The summed E-state index contributed by atoms with van der Waals surface area (Å²) in [5, 5.41) is 4.17. The molecular weight excluding hydrogens is 284 g/mol. The van der Waals surface area contributed by atoms with E-state index in [2.05, 4.69) is 12.2 Å².